The summed E-state index contributed by atoms with van der Waals surface area (Å²) in [6.07, 6.45) is 3.70. The van der Waals surface area contributed by atoms with E-state index in [9.17, 15) is 4.79 Å². The van der Waals surface area contributed by atoms with Crippen LogP contribution in [0.5, 0.6) is 6.01 Å². The SMILES string of the molecule is CC#CC(=O)N1CCN(c2nc(OC)nc3c2CCN(c2cccc(C)c2C)C3)CC1.CC#N.CN1CCCC1. The Morgan fingerprint density at radius 1 is 0.975 bits per heavy atom. The number of nitriles is 1. The van der Waals surface area contributed by atoms with Gasteiger partial charge in [0.15, 0.2) is 0 Å². The molecule has 0 N–H and O–H groups in total. The fourth-order valence-electron chi connectivity index (χ4n) is 5.21. The van der Waals surface area contributed by atoms with Crippen molar-refractivity contribution in [3.05, 3.63) is 40.6 Å². The zero-order chi connectivity index (χ0) is 29.1. The summed E-state index contributed by atoms with van der Waals surface area (Å²) < 4.78 is 5.44. The maximum absolute atomic E-state index is 12.1. The molecular weight excluding hydrogens is 502 g/mol. The zero-order valence-electron chi connectivity index (χ0n) is 25.0. The number of methoxy groups -OCH3 is 1. The fourth-order valence-corrected chi connectivity index (χ4v) is 5.21. The molecule has 1 aromatic heterocycles. The summed E-state index contributed by atoms with van der Waals surface area (Å²) in [5, 5.41) is 7.32. The van der Waals surface area contributed by atoms with E-state index >= 15 is 0 Å². The second-order valence-corrected chi connectivity index (χ2v) is 10.2. The highest BCUT2D eigenvalue weighted by atomic mass is 16.5. The third-order valence-electron chi connectivity index (χ3n) is 7.55. The topological polar surface area (TPSA) is 88.8 Å². The number of nitrogens with zero attached hydrogens (tertiary/aromatic N) is 7. The number of ether oxygens (including phenoxy) is 1. The van der Waals surface area contributed by atoms with Gasteiger partial charge in [-0.25, -0.2) is 0 Å². The summed E-state index contributed by atoms with van der Waals surface area (Å²) in [7, 11) is 3.78. The van der Waals surface area contributed by atoms with E-state index in [1.807, 2.05) is 0 Å². The highest BCUT2D eigenvalue weighted by Gasteiger charge is 2.28. The van der Waals surface area contributed by atoms with E-state index in [1.54, 1.807) is 25.0 Å². The Morgan fingerprint density at radius 3 is 2.23 bits per heavy atom. The predicted octanol–water partition coefficient (Wildman–Crippen LogP) is 3.58. The van der Waals surface area contributed by atoms with Crippen LogP contribution in [-0.4, -0.2) is 85.6 Å². The summed E-state index contributed by atoms with van der Waals surface area (Å²) in [6, 6.07) is 8.59. The van der Waals surface area contributed by atoms with Crippen LogP contribution in [0.2, 0.25) is 0 Å². The number of likely N-dealkylation sites (tertiary alicyclic amines) is 1. The lowest BCUT2D eigenvalue weighted by Crippen LogP contribution is -2.49. The van der Waals surface area contributed by atoms with Gasteiger partial charge in [0, 0.05) is 50.9 Å². The van der Waals surface area contributed by atoms with E-state index in [-0.39, 0.29) is 5.91 Å². The van der Waals surface area contributed by atoms with Crippen LogP contribution in [0.15, 0.2) is 18.2 Å². The number of piperazine rings is 1. The predicted molar refractivity (Wildman–Crippen MR) is 160 cm³/mol. The molecule has 2 fully saturated rings. The third kappa shape index (κ3) is 7.86. The van der Waals surface area contributed by atoms with Gasteiger partial charge in [0.2, 0.25) is 0 Å². The first kappa shape index (κ1) is 30.7. The van der Waals surface area contributed by atoms with Crippen LogP contribution in [0.1, 0.15) is 49.1 Å². The first-order chi connectivity index (χ1) is 19.3. The standard InChI is InChI=1S/C24H29N5O2.C5H11N.C2H3N/c1-5-7-22(30)27-12-14-28(15-13-27)23-19-10-11-29(16-20(19)25-24(26-23)31-4)21-9-6-8-17(2)18(21)3;1-6-4-2-3-5-6;1-2-3/h6,8-9H,10-16H2,1-4H3;2-5H2,1H3;1H3. The molecule has 1 amide bonds. The lowest BCUT2D eigenvalue weighted by molar-refractivity contribution is -0.125. The lowest BCUT2D eigenvalue weighted by Gasteiger charge is -2.37. The average Bonchev–Trinajstić information content (AvgIpc) is 3.45. The number of amides is 1. The highest BCUT2D eigenvalue weighted by molar-refractivity contribution is 5.93. The van der Waals surface area contributed by atoms with Gasteiger partial charge in [-0.3, -0.25) is 4.79 Å². The van der Waals surface area contributed by atoms with Crippen LogP contribution in [-0.2, 0) is 17.8 Å². The normalized spacial score (nSPS) is 16.3. The smallest absolute Gasteiger partial charge is 0.318 e. The van der Waals surface area contributed by atoms with Crippen LogP contribution >= 0.6 is 0 Å². The van der Waals surface area contributed by atoms with E-state index < -0.39 is 0 Å². The number of aryl methyl sites for hydroxylation is 1. The van der Waals surface area contributed by atoms with Crippen molar-refractivity contribution in [1.82, 2.24) is 19.8 Å². The van der Waals surface area contributed by atoms with E-state index in [1.165, 1.54) is 55.2 Å². The molecule has 9 nitrogen and oxygen atoms in total. The van der Waals surface area contributed by atoms with Crippen LogP contribution in [0.25, 0.3) is 0 Å². The van der Waals surface area contributed by atoms with Crippen LogP contribution in [0, 0.1) is 37.0 Å². The maximum Gasteiger partial charge on any atom is 0.318 e. The molecule has 1 aromatic carbocycles. The fraction of sp³-hybridized carbons (Fsp3) is 0.548. The molecule has 5 rings (SSSR count). The number of rotatable bonds is 3. The first-order valence-electron chi connectivity index (χ1n) is 14.0. The summed E-state index contributed by atoms with van der Waals surface area (Å²) >= 11 is 0. The molecule has 3 aliphatic heterocycles. The van der Waals surface area contributed by atoms with Gasteiger partial charge in [0.1, 0.15) is 5.82 Å². The van der Waals surface area contributed by atoms with Crippen LogP contribution in [0.3, 0.4) is 0 Å². The van der Waals surface area contributed by atoms with Crippen LogP contribution in [0.4, 0.5) is 11.5 Å². The molecule has 0 atom stereocenters. The summed E-state index contributed by atoms with van der Waals surface area (Å²) in [4.78, 5) is 30.3. The Balaban J connectivity index is 0.000000421. The van der Waals surface area contributed by atoms with E-state index in [0.717, 1.165) is 44.1 Å². The van der Waals surface area contributed by atoms with Crippen molar-refractivity contribution >= 4 is 17.4 Å². The van der Waals surface area contributed by atoms with Gasteiger partial charge in [-0.2, -0.15) is 15.2 Å². The molecule has 0 aliphatic carbocycles. The molecule has 0 radical (unpaired) electrons. The number of fused-ring (bicyclic) bond motifs is 1. The largest absolute Gasteiger partial charge is 0.467 e. The van der Waals surface area contributed by atoms with E-state index in [0.29, 0.717) is 19.1 Å². The van der Waals surface area contributed by atoms with Gasteiger partial charge in [-0.15, -0.1) is 0 Å². The summed E-state index contributed by atoms with van der Waals surface area (Å²) in [5.41, 5.74) is 6.07. The van der Waals surface area contributed by atoms with Gasteiger partial charge in [-0.1, -0.05) is 18.1 Å². The molecule has 2 aromatic rings. The number of aromatic nitrogens is 2. The van der Waals surface area contributed by atoms with Crippen molar-refractivity contribution in [2.45, 2.75) is 53.5 Å². The Kier molecular flexibility index (Phi) is 11.6. The molecule has 2 saturated heterocycles. The van der Waals surface area contributed by atoms with Crippen molar-refractivity contribution in [3.63, 3.8) is 0 Å². The highest BCUT2D eigenvalue weighted by Crippen LogP contribution is 2.33. The molecule has 0 unspecified atom stereocenters. The second kappa shape index (κ2) is 15.1. The Labute approximate surface area is 239 Å². The zero-order valence-corrected chi connectivity index (χ0v) is 25.0. The van der Waals surface area contributed by atoms with Crippen molar-refractivity contribution in [2.24, 2.45) is 0 Å². The molecular formula is C31H43N7O2. The number of hydrogen-bond donors (Lipinski definition) is 0. The maximum atomic E-state index is 12.1. The molecule has 0 bridgehead atoms. The molecule has 214 valence electrons. The Hall–Kier alpha value is -3.82. The Bertz CT molecular complexity index is 1250. The Morgan fingerprint density at radius 2 is 1.65 bits per heavy atom. The molecule has 4 heterocycles. The second-order valence-electron chi connectivity index (χ2n) is 10.2. The summed E-state index contributed by atoms with van der Waals surface area (Å²) in [6.45, 7) is 14.5. The van der Waals surface area contributed by atoms with E-state index in [2.05, 4.69) is 65.6 Å². The minimum atomic E-state index is -0.103. The minimum absolute atomic E-state index is 0.103. The molecule has 3 aliphatic rings. The average molecular weight is 546 g/mol. The van der Waals surface area contributed by atoms with Crippen LogP contribution < -0.4 is 14.5 Å². The van der Waals surface area contributed by atoms with Crippen molar-refractivity contribution in [3.8, 4) is 23.9 Å². The quantitative estimate of drug-likeness (QED) is 0.541. The number of carbonyl (C=O) groups excluding carboxylic acids is 1. The number of hydrogen-bond acceptors (Lipinski definition) is 8. The minimum Gasteiger partial charge on any atom is -0.467 e. The third-order valence-corrected chi connectivity index (χ3v) is 7.55. The monoisotopic (exact) mass is 545 g/mol. The number of benzene rings is 1. The molecule has 40 heavy (non-hydrogen) atoms. The van der Waals surface area contributed by atoms with Crippen molar-refractivity contribution in [2.75, 3.05) is 69.8 Å². The van der Waals surface area contributed by atoms with Gasteiger partial charge in [0.05, 0.1) is 25.4 Å². The van der Waals surface area contributed by atoms with Crippen molar-refractivity contribution in [1.29, 1.82) is 5.26 Å². The van der Waals surface area contributed by atoms with Gasteiger partial charge in [-0.05, 0) is 83.3 Å². The number of carbonyl (C=O) groups is 1. The molecule has 9 heteroatoms. The lowest BCUT2D eigenvalue weighted by atomic mass is 10.0. The van der Waals surface area contributed by atoms with Crippen molar-refractivity contribution < 1.29 is 9.53 Å². The molecule has 0 saturated carbocycles. The van der Waals surface area contributed by atoms with E-state index in [4.69, 9.17) is 20.0 Å². The molecule has 0 spiro atoms. The van der Waals surface area contributed by atoms with Gasteiger partial charge < -0.3 is 24.3 Å². The van der Waals surface area contributed by atoms with Gasteiger partial charge >= 0.3 is 6.01 Å². The number of anilines is 2. The first-order valence-corrected chi connectivity index (χ1v) is 14.0. The summed E-state index contributed by atoms with van der Waals surface area (Å²) in [5.74, 6) is 6.16. The van der Waals surface area contributed by atoms with Gasteiger partial charge in [0.25, 0.3) is 5.91 Å².